The second kappa shape index (κ2) is 9.05. The summed E-state index contributed by atoms with van der Waals surface area (Å²) in [5.74, 6) is -0.795. The van der Waals surface area contributed by atoms with E-state index < -0.39 is 16.0 Å². The van der Waals surface area contributed by atoms with Crippen LogP contribution in [0.1, 0.15) is 41.3 Å². The van der Waals surface area contributed by atoms with Gasteiger partial charge in [0.15, 0.2) is 0 Å². The molecule has 2 aromatic rings. The van der Waals surface area contributed by atoms with Crippen LogP contribution in [-0.2, 0) is 10.0 Å². The van der Waals surface area contributed by atoms with Crippen molar-refractivity contribution in [1.29, 1.82) is 0 Å². The van der Waals surface area contributed by atoms with Gasteiger partial charge in [-0.25, -0.2) is 17.9 Å². The smallest absolute Gasteiger partial charge is 0.339 e. The molecule has 2 aromatic carbocycles. The lowest BCUT2D eigenvalue weighted by atomic mass is 10.0. The summed E-state index contributed by atoms with van der Waals surface area (Å²) in [5.41, 5.74) is 1.50. The van der Waals surface area contributed by atoms with Gasteiger partial charge in [-0.15, -0.1) is 0 Å². The Kier molecular flexibility index (Phi) is 6.37. The first kappa shape index (κ1) is 22.5. The first-order valence-corrected chi connectivity index (χ1v) is 12.3. The zero-order chi connectivity index (χ0) is 22.9. The van der Waals surface area contributed by atoms with Crippen LogP contribution in [0.3, 0.4) is 0 Å². The van der Waals surface area contributed by atoms with E-state index in [2.05, 4.69) is 23.5 Å². The van der Waals surface area contributed by atoms with Gasteiger partial charge >= 0.3 is 5.97 Å². The molecular weight excluding hydrogens is 428 g/mol. The van der Waals surface area contributed by atoms with Gasteiger partial charge in [-0.1, -0.05) is 56.3 Å². The van der Waals surface area contributed by atoms with Crippen LogP contribution in [0, 0.1) is 5.92 Å². The summed E-state index contributed by atoms with van der Waals surface area (Å²) in [5, 5.41) is 9.41. The third-order valence-corrected chi connectivity index (χ3v) is 7.81. The zero-order valence-corrected chi connectivity index (χ0v) is 19.0. The lowest BCUT2D eigenvalue weighted by Gasteiger charge is -2.17. The van der Waals surface area contributed by atoms with E-state index in [1.807, 2.05) is 24.3 Å². The lowest BCUT2D eigenvalue weighted by molar-refractivity contribution is 0.0691. The number of nitrogens with one attached hydrogen (secondary N) is 1. The maximum atomic E-state index is 13.3. The van der Waals surface area contributed by atoms with Gasteiger partial charge in [-0.3, -0.25) is 0 Å². The van der Waals surface area contributed by atoms with E-state index in [0.29, 0.717) is 17.9 Å². The number of aromatic carboxylic acids is 1. The zero-order valence-electron chi connectivity index (χ0n) is 18.2. The van der Waals surface area contributed by atoms with Gasteiger partial charge in [-0.2, -0.15) is 0 Å². The second-order valence-electron chi connectivity index (χ2n) is 8.10. The molecule has 0 spiro atoms. The molecule has 3 atom stereocenters. The van der Waals surface area contributed by atoms with Crippen molar-refractivity contribution in [3.05, 3.63) is 65.2 Å². The molecular formula is C24H28N2O5S. The van der Waals surface area contributed by atoms with Crippen molar-refractivity contribution in [2.24, 2.45) is 5.92 Å². The number of carboxylic acid groups (broad SMARTS) is 1. The van der Waals surface area contributed by atoms with Gasteiger partial charge in [0, 0.05) is 30.0 Å². The molecule has 0 radical (unpaired) electrons. The van der Waals surface area contributed by atoms with Crippen LogP contribution in [0.2, 0.25) is 0 Å². The fourth-order valence-corrected chi connectivity index (χ4v) is 5.92. The van der Waals surface area contributed by atoms with Crippen molar-refractivity contribution < 1.29 is 23.1 Å². The van der Waals surface area contributed by atoms with Crippen LogP contribution in [0.15, 0.2) is 53.4 Å². The van der Waals surface area contributed by atoms with E-state index >= 15 is 0 Å². The van der Waals surface area contributed by atoms with Gasteiger partial charge < -0.3 is 14.7 Å². The van der Waals surface area contributed by atoms with E-state index in [0.717, 1.165) is 25.2 Å². The van der Waals surface area contributed by atoms with Crippen molar-refractivity contribution in [2.45, 2.75) is 30.7 Å². The SMILES string of the molecule is CCN(CC)CC=Cc1ccccc1S(=O)(=O)NC1C2COc3c(C(=O)O)cccc3C21. The summed E-state index contributed by atoms with van der Waals surface area (Å²) in [4.78, 5) is 14.0. The van der Waals surface area contributed by atoms with E-state index in [4.69, 9.17) is 4.74 Å². The highest BCUT2D eigenvalue weighted by atomic mass is 32.2. The minimum atomic E-state index is -3.76. The fourth-order valence-electron chi connectivity index (χ4n) is 4.41. The Hall–Kier alpha value is -2.68. The normalized spacial score (nSPS) is 21.8. The van der Waals surface area contributed by atoms with E-state index in [9.17, 15) is 18.3 Å². The molecule has 2 aliphatic rings. The number of rotatable bonds is 9. The number of hydrogen-bond acceptors (Lipinski definition) is 5. The highest BCUT2D eigenvalue weighted by Gasteiger charge is 2.57. The van der Waals surface area contributed by atoms with Gasteiger partial charge in [-0.05, 0) is 30.8 Å². The molecule has 2 N–H and O–H groups in total. The van der Waals surface area contributed by atoms with Crippen LogP contribution >= 0.6 is 0 Å². The van der Waals surface area contributed by atoms with Crippen LogP contribution in [0.5, 0.6) is 5.75 Å². The number of sulfonamides is 1. The van der Waals surface area contributed by atoms with E-state index in [1.54, 1.807) is 24.3 Å². The number of likely N-dealkylation sites (N-methyl/N-ethyl adjacent to an activating group) is 1. The Morgan fingerprint density at radius 3 is 2.66 bits per heavy atom. The molecule has 0 saturated heterocycles. The molecule has 4 rings (SSSR count). The Morgan fingerprint density at radius 2 is 1.94 bits per heavy atom. The minimum absolute atomic E-state index is 0.00769. The van der Waals surface area contributed by atoms with Crippen LogP contribution in [-0.4, -0.2) is 56.7 Å². The predicted molar refractivity (Wildman–Crippen MR) is 123 cm³/mol. The molecule has 1 heterocycles. The van der Waals surface area contributed by atoms with Crippen molar-refractivity contribution in [3.8, 4) is 5.75 Å². The summed E-state index contributed by atoms with van der Waals surface area (Å²) >= 11 is 0. The number of carbonyl (C=O) groups is 1. The topological polar surface area (TPSA) is 95.9 Å². The molecule has 1 saturated carbocycles. The highest BCUT2D eigenvalue weighted by Crippen LogP contribution is 2.55. The summed E-state index contributed by atoms with van der Waals surface area (Å²) in [6, 6.07) is 11.6. The molecule has 1 fully saturated rings. The Bertz CT molecular complexity index is 1140. The third kappa shape index (κ3) is 4.30. The van der Waals surface area contributed by atoms with E-state index in [1.165, 1.54) is 6.07 Å². The number of para-hydroxylation sites is 1. The van der Waals surface area contributed by atoms with Gasteiger partial charge in [0.1, 0.15) is 11.3 Å². The molecule has 32 heavy (non-hydrogen) atoms. The molecule has 1 aliphatic carbocycles. The molecule has 1 aliphatic heterocycles. The number of nitrogens with zero attached hydrogens (tertiary/aromatic N) is 1. The Labute approximate surface area is 188 Å². The first-order chi connectivity index (χ1) is 15.4. The lowest BCUT2D eigenvalue weighted by Crippen LogP contribution is -2.28. The minimum Gasteiger partial charge on any atom is -0.492 e. The number of carboxylic acids is 1. The maximum absolute atomic E-state index is 13.3. The highest BCUT2D eigenvalue weighted by molar-refractivity contribution is 7.89. The third-order valence-electron chi connectivity index (χ3n) is 6.28. The van der Waals surface area contributed by atoms with Crippen molar-refractivity contribution in [2.75, 3.05) is 26.2 Å². The van der Waals surface area contributed by atoms with Gasteiger partial charge in [0.25, 0.3) is 0 Å². The first-order valence-electron chi connectivity index (χ1n) is 10.9. The predicted octanol–water partition coefficient (Wildman–Crippen LogP) is 3.19. The van der Waals surface area contributed by atoms with Gasteiger partial charge in [0.2, 0.25) is 10.0 Å². The summed E-state index contributed by atoms with van der Waals surface area (Å²) in [7, 11) is -3.76. The Balaban J connectivity index is 1.54. The molecule has 0 bridgehead atoms. The molecule has 7 nitrogen and oxygen atoms in total. The summed E-state index contributed by atoms with van der Waals surface area (Å²) in [6.07, 6.45) is 3.83. The molecule has 0 aromatic heterocycles. The summed E-state index contributed by atoms with van der Waals surface area (Å²) in [6.45, 7) is 7.09. The quantitative estimate of drug-likeness (QED) is 0.602. The molecule has 8 heteroatoms. The average Bonchev–Trinajstić information content (AvgIpc) is 3.48. The Morgan fingerprint density at radius 1 is 1.19 bits per heavy atom. The van der Waals surface area contributed by atoms with Crippen molar-refractivity contribution >= 4 is 22.1 Å². The number of hydrogen-bond donors (Lipinski definition) is 2. The molecule has 3 unspecified atom stereocenters. The average molecular weight is 457 g/mol. The van der Waals surface area contributed by atoms with E-state index in [-0.39, 0.29) is 28.3 Å². The van der Waals surface area contributed by atoms with Crippen molar-refractivity contribution in [1.82, 2.24) is 9.62 Å². The van der Waals surface area contributed by atoms with Crippen LogP contribution in [0.4, 0.5) is 0 Å². The maximum Gasteiger partial charge on any atom is 0.339 e. The standard InChI is InChI=1S/C24H28N2O5S/c1-3-26(4-2)14-8-10-16-9-5-6-13-20(16)32(29,30)25-22-19-15-31-23-17(21(19)22)11-7-12-18(23)24(27)28/h5-13,19,21-22,25H,3-4,14-15H2,1-2H3,(H,27,28). The number of fused-ring (bicyclic) bond motifs is 3. The molecule has 170 valence electrons. The fraction of sp³-hybridized carbons (Fsp3) is 0.375. The van der Waals surface area contributed by atoms with Crippen LogP contribution < -0.4 is 9.46 Å². The van der Waals surface area contributed by atoms with Crippen molar-refractivity contribution in [3.63, 3.8) is 0 Å². The van der Waals surface area contributed by atoms with Crippen LogP contribution in [0.25, 0.3) is 6.08 Å². The summed E-state index contributed by atoms with van der Waals surface area (Å²) < 4.78 is 35.1. The molecule has 0 amide bonds. The second-order valence-corrected chi connectivity index (χ2v) is 9.79. The number of benzene rings is 2. The van der Waals surface area contributed by atoms with Gasteiger partial charge in [0.05, 0.1) is 11.5 Å². The monoisotopic (exact) mass is 456 g/mol. The number of ether oxygens (including phenoxy) is 1. The largest absolute Gasteiger partial charge is 0.492 e.